The van der Waals surface area contributed by atoms with Gasteiger partial charge in [-0.2, -0.15) is 0 Å². The van der Waals surface area contributed by atoms with Crippen LogP contribution in [0.15, 0.2) is 49.3 Å². The summed E-state index contributed by atoms with van der Waals surface area (Å²) in [5, 5.41) is 4.48. The van der Waals surface area contributed by atoms with Gasteiger partial charge in [-0.1, -0.05) is 36.9 Å². The van der Waals surface area contributed by atoms with Crippen molar-refractivity contribution in [3.63, 3.8) is 0 Å². The van der Waals surface area contributed by atoms with Gasteiger partial charge in [0, 0.05) is 11.4 Å². The monoisotopic (exact) mass is 389 g/mol. The average molecular weight is 389 g/mol. The van der Waals surface area contributed by atoms with E-state index in [1.165, 1.54) is 11.6 Å². The molecule has 3 heterocycles. The Hall–Kier alpha value is -3.24. The second-order valence-electron chi connectivity index (χ2n) is 6.57. The van der Waals surface area contributed by atoms with Crippen molar-refractivity contribution >= 4 is 33.3 Å². The van der Waals surface area contributed by atoms with Crippen LogP contribution in [-0.4, -0.2) is 33.9 Å². The lowest BCUT2D eigenvalue weighted by atomic mass is 10.0. The van der Waals surface area contributed by atoms with Gasteiger partial charge in [-0.3, -0.25) is 4.79 Å². The molecule has 1 amide bonds. The van der Waals surface area contributed by atoms with E-state index >= 15 is 0 Å². The van der Waals surface area contributed by atoms with Crippen LogP contribution >= 0.6 is 11.3 Å². The summed E-state index contributed by atoms with van der Waals surface area (Å²) in [6.07, 6.45) is 3.68. The fourth-order valence-corrected chi connectivity index (χ4v) is 4.73. The summed E-state index contributed by atoms with van der Waals surface area (Å²) in [5.74, 6) is 0.706. The van der Waals surface area contributed by atoms with Crippen molar-refractivity contribution in [3.8, 4) is 0 Å². The Bertz CT molecular complexity index is 1070. The zero-order valence-corrected chi connectivity index (χ0v) is 16.1. The maximum Gasteiger partial charge on any atom is 0.246 e. The van der Waals surface area contributed by atoms with Crippen molar-refractivity contribution in [1.82, 2.24) is 14.9 Å². The molecule has 2 aromatic heterocycles. The van der Waals surface area contributed by atoms with E-state index in [2.05, 4.69) is 26.7 Å². The summed E-state index contributed by atoms with van der Waals surface area (Å²) in [6.45, 7) is 12.5. The molecule has 140 valence electrons. The SMILES string of the molecule is [C-]#[N+]C[C@@H](Nc1ncnc2sc3c(c12)CCN(C(=O)C=C)C3)c1ccccc1. The minimum absolute atomic E-state index is 0.0475. The number of benzene rings is 1. The van der Waals surface area contributed by atoms with Gasteiger partial charge in [0.15, 0.2) is 0 Å². The number of carbonyl (C=O) groups excluding carboxylic acids is 1. The van der Waals surface area contributed by atoms with E-state index < -0.39 is 0 Å². The van der Waals surface area contributed by atoms with Crippen LogP contribution in [0.3, 0.4) is 0 Å². The standard InChI is InChI=1S/C21H19N5OS/c1-3-18(27)26-10-9-15-17(12-26)28-21-19(15)20(23-13-24-21)25-16(11-22-2)14-7-5-4-6-8-14/h3-8,13,16H,1,9-12H2,(H,23,24,25)/t16-/m1/s1. The Labute approximate surface area is 167 Å². The maximum atomic E-state index is 12.0. The molecule has 0 spiro atoms. The normalized spacial score (nSPS) is 14.2. The Morgan fingerprint density at radius 3 is 2.96 bits per heavy atom. The molecule has 0 radical (unpaired) electrons. The van der Waals surface area contributed by atoms with Crippen LogP contribution in [0.1, 0.15) is 22.0 Å². The lowest BCUT2D eigenvalue weighted by Crippen LogP contribution is -2.34. The van der Waals surface area contributed by atoms with Crippen molar-refractivity contribution in [2.45, 2.75) is 19.0 Å². The second-order valence-corrected chi connectivity index (χ2v) is 7.65. The molecule has 0 bridgehead atoms. The zero-order chi connectivity index (χ0) is 19.5. The van der Waals surface area contributed by atoms with Crippen LogP contribution < -0.4 is 5.32 Å². The molecule has 0 aliphatic carbocycles. The number of aromatic nitrogens is 2. The van der Waals surface area contributed by atoms with E-state index in [0.29, 0.717) is 19.6 Å². The Morgan fingerprint density at radius 2 is 2.21 bits per heavy atom. The number of hydrogen-bond donors (Lipinski definition) is 1. The van der Waals surface area contributed by atoms with Crippen molar-refractivity contribution < 1.29 is 4.79 Å². The first kappa shape index (κ1) is 18.1. The van der Waals surface area contributed by atoms with E-state index in [0.717, 1.165) is 32.9 Å². The summed E-state index contributed by atoms with van der Waals surface area (Å²) >= 11 is 1.60. The van der Waals surface area contributed by atoms with Gasteiger partial charge in [0.25, 0.3) is 0 Å². The van der Waals surface area contributed by atoms with Gasteiger partial charge in [0.2, 0.25) is 12.5 Å². The molecule has 1 atom stereocenters. The fourth-order valence-electron chi connectivity index (χ4n) is 3.53. The quantitative estimate of drug-likeness (QED) is 0.532. The third-order valence-electron chi connectivity index (χ3n) is 4.91. The lowest BCUT2D eigenvalue weighted by Gasteiger charge is -2.26. The van der Waals surface area contributed by atoms with Gasteiger partial charge in [-0.15, -0.1) is 11.3 Å². The highest BCUT2D eigenvalue weighted by Crippen LogP contribution is 2.38. The number of carbonyl (C=O) groups is 1. The zero-order valence-electron chi connectivity index (χ0n) is 15.3. The molecule has 0 saturated carbocycles. The molecule has 1 aromatic carbocycles. The Morgan fingerprint density at radius 1 is 1.39 bits per heavy atom. The van der Waals surface area contributed by atoms with Gasteiger partial charge in [0.05, 0.1) is 11.9 Å². The van der Waals surface area contributed by atoms with Crippen molar-refractivity contribution in [1.29, 1.82) is 0 Å². The molecule has 1 aliphatic heterocycles. The summed E-state index contributed by atoms with van der Waals surface area (Å²) in [6, 6.07) is 9.80. The Kier molecular flexibility index (Phi) is 5.04. The van der Waals surface area contributed by atoms with Crippen molar-refractivity contribution in [3.05, 3.63) is 76.7 Å². The first-order valence-electron chi connectivity index (χ1n) is 9.02. The van der Waals surface area contributed by atoms with Crippen LogP contribution in [0, 0.1) is 6.57 Å². The van der Waals surface area contributed by atoms with E-state index in [9.17, 15) is 4.79 Å². The minimum atomic E-state index is -0.144. The van der Waals surface area contributed by atoms with Crippen LogP contribution in [0.25, 0.3) is 15.1 Å². The minimum Gasteiger partial charge on any atom is -0.356 e. The molecule has 28 heavy (non-hydrogen) atoms. The van der Waals surface area contributed by atoms with Crippen LogP contribution in [0.2, 0.25) is 0 Å². The highest BCUT2D eigenvalue weighted by molar-refractivity contribution is 7.19. The summed E-state index contributed by atoms with van der Waals surface area (Å²) in [5.41, 5.74) is 2.25. The highest BCUT2D eigenvalue weighted by Gasteiger charge is 2.26. The van der Waals surface area contributed by atoms with Crippen LogP contribution in [0.4, 0.5) is 5.82 Å². The second kappa shape index (κ2) is 7.79. The maximum absolute atomic E-state index is 12.0. The smallest absolute Gasteiger partial charge is 0.246 e. The molecule has 0 unspecified atom stereocenters. The van der Waals surface area contributed by atoms with Gasteiger partial charge in [-0.25, -0.2) is 16.5 Å². The summed E-state index contributed by atoms with van der Waals surface area (Å²) in [7, 11) is 0. The molecule has 7 heteroatoms. The van der Waals surface area contributed by atoms with Crippen molar-refractivity contribution in [2.75, 3.05) is 18.4 Å². The molecule has 6 nitrogen and oxygen atoms in total. The number of nitrogens with zero attached hydrogens (tertiary/aromatic N) is 4. The molecule has 1 aliphatic rings. The van der Waals surface area contributed by atoms with E-state index in [1.54, 1.807) is 22.6 Å². The summed E-state index contributed by atoms with van der Waals surface area (Å²) < 4.78 is 0. The third-order valence-corrected chi connectivity index (χ3v) is 6.03. The van der Waals surface area contributed by atoms with Crippen molar-refractivity contribution in [2.24, 2.45) is 0 Å². The lowest BCUT2D eigenvalue weighted by molar-refractivity contribution is -0.126. The topological polar surface area (TPSA) is 62.5 Å². The largest absolute Gasteiger partial charge is 0.356 e. The molecule has 1 N–H and O–H groups in total. The van der Waals surface area contributed by atoms with Gasteiger partial charge >= 0.3 is 0 Å². The molecular formula is C21H19N5OS. The molecule has 0 fully saturated rings. The fraction of sp³-hybridized carbons (Fsp3) is 0.238. The van der Waals surface area contributed by atoms with Gasteiger partial charge in [-0.05, 0) is 23.6 Å². The third kappa shape index (κ3) is 3.35. The first-order chi connectivity index (χ1) is 13.7. The summed E-state index contributed by atoms with van der Waals surface area (Å²) in [4.78, 5) is 28.4. The van der Waals surface area contributed by atoms with E-state index in [4.69, 9.17) is 6.57 Å². The number of thiophene rings is 1. The first-order valence-corrected chi connectivity index (χ1v) is 9.84. The van der Waals surface area contributed by atoms with Gasteiger partial charge < -0.3 is 15.1 Å². The number of rotatable bonds is 5. The molecule has 3 aromatic rings. The predicted octanol–water partition coefficient (Wildman–Crippen LogP) is 3.83. The average Bonchev–Trinajstić information content (AvgIpc) is 3.12. The Balaban J connectivity index is 1.71. The number of amides is 1. The number of anilines is 1. The molecule has 4 rings (SSSR count). The highest BCUT2D eigenvalue weighted by atomic mass is 32.1. The molecular weight excluding hydrogens is 370 g/mol. The molecule has 0 saturated heterocycles. The van der Waals surface area contributed by atoms with E-state index in [-0.39, 0.29) is 11.9 Å². The predicted molar refractivity (Wildman–Crippen MR) is 111 cm³/mol. The van der Waals surface area contributed by atoms with Crippen LogP contribution in [-0.2, 0) is 17.8 Å². The van der Waals surface area contributed by atoms with Crippen LogP contribution in [0.5, 0.6) is 0 Å². The van der Waals surface area contributed by atoms with E-state index in [1.807, 2.05) is 30.3 Å². The van der Waals surface area contributed by atoms with Gasteiger partial charge in [0.1, 0.15) is 23.0 Å². The number of nitrogens with one attached hydrogen (secondary N) is 1. The number of fused-ring (bicyclic) bond motifs is 3. The number of hydrogen-bond acceptors (Lipinski definition) is 5.